The van der Waals surface area contributed by atoms with Crippen LogP contribution in [-0.4, -0.2) is 21.9 Å². The molecule has 0 aliphatic carbocycles. The highest BCUT2D eigenvalue weighted by Gasteiger charge is 2.15. The summed E-state index contributed by atoms with van der Waals surface area (Å²) >= 11 is 1.64. The molecule has 2 aromatic carbocycles. The van der Waals surface area contributed by atoms with Crippen molar-refractivity contribution in [2.45, 2.75) is 26.4 Å². The van der Waals surface area contributed by atoms with E-state index in [1.54, 1.807) is 24.5 Å². The van der Waals surface area contributed by atoms with Gasteiger partial charge in [0.15, 0.2) is 0 Å². The Bertz CT molecular complexity index is 1140. The largest absolute Gasteiger partial charge is 0.497 e. The summed E-state index contributed by atoms with van der Waals surface area (Å²) in [5.74, 6) is 0.502. The van der Waals surface area contributed by atoms with E-state index >= 15 is 0 Å². The number of hydrogen-bond donors (Lipinski definition) is 1. The molecule has 0 saturated heterocycles. The molecular formula is C23H23FN4OS. The van der Waals surface area contributed by atoms with E-state index in [0.717, 1.165) is 39.0 Å². The quantitative estimate of drug-likeness (QED) is 0.439. The van der Waals surface area contributed by atoms with Gasteiger partial charge in [0, 0.05) is 35.3 Å². The molecule has 4 rings (SSSR count). The number of nitrogens with one attached hydrogen (secondary N) is 1. The predicted molar refractivity (Wildman–Crippen MR) is 118 cm³/mol. The Morgan fingerprint density at radius 2 is 2.00 bits per heavy atom. The zero-order chi connectivity index (χ0) is 21.1. The van der Waals surface area contributed by atoms with E-state index in [0.29, 0.717) is 6.54 Å². The van der Waals surface area contributed by atoms with E-state index < -0.39 is 0 Å². The fourth-order valence-corrected chi connectivity index (χ4v) is 3.94. The van der Waals surface area contributed by atoms with Crippen LogP contribution in [0.2, 0.25) is 0 Å². The van der Waals surface area contributed by atoms with Crippen LogP contribution in [0, 0.1) is 12.7 Å². The first kappa shape index (κ1) is 20.3. The molecule has 0 unspecified atom stereocenters. The molecule has 0 aliphatic rings. The van der Waals surface area contributed by atoms with Gasteiger partial charge in [0.25, 0.3) is 0 Å². The van der Waals surface area contributed by atoms with E-state index in [9.17, 15) is 4.39 Å². The number of hydrogen-bond acceptors (Lipinski definition) is 5. The number of halogens is 1. The van der Waals surface area contributed by atoms with E-state index in [1.807, 2.05) is 48.1 Å². The molecule has 2 aromatic heterocycles. The zero-order valence-corrected chi connectivity index (χ0v) is 17.9. The summed E-state index contributed by atoms with van der Waals surface area (Å²) in [5.41, 5.74) is 4.40. The van der Waals surface area contributed by atoms with Crippen molar-refractivity contribution < 1.29 is 9.13 Å². The maximum Gasteiger partial charge on any atom is 0.123 e. The minimum absolute atomic E-state index is 0.0969. The maximum atomic E-state index is 13.9. The number of aryl methyl sites for hydroxylation is 1. The molecule has 0 fully saturated rings. The van der Waals surface area contributed by atoms with Crippen molar-refractivity contribution in [3.05, 3.63) is 82.2 Å². The Labute approximate surface area is 179 Å². The molecule has 7 heteroatoms. The average Bonchev–Trinajstić information content (AvgIpc) is 3.39. The van der Waals surface area contributed by atoms with E-state index in [4.69, 9.17) is 9.84 Å². The molecule has 2 heterocycles. The lowest BCUT2D eigenvalue weighted by Crippen LogP contribution is -2.18. The standard InChI is InChI=1S/C23H23FN4OS/c1-15(22-14-30-16(2)26-22)25-12-18-13-28(20-7-9-21(29-3)10-8-20)27-23(18)17-5-4-6-19(24)11-17/h4-11,13-15,25H,12H2,1-3H3/t15-/m0/s1. The van der Waals surface area contributed by atoms with Gasteiger partial charge >= 0.3 is 0 Å². The third-order valence-electron chi connectivity index (χ3n) is 4.90. The lowest BCUT2D eigenvalue weighted by Gasteiger charge is -2.11. The van der Waals surface area contributed by atoms with Crippen LogP contribution in [0.4, 0.5) is 4.39 Å². The van der Waals surface area contributed by atoms with Gasteiger partial charge in [-0.05, 0) is 50.2 Å². The van der Waals surface area contributed by atoms with Crippen molar-refractivity contribution in [1.82, 2.24) is 20.1 Å². The summed E-state index contributed by atoms with van der Waals surface area (Å²) in [6.07, 6.45) is 1.98. The highest BCUT2D eigenvalue weighted by Crippen LogP contribution is 2.26. The van der Waals surface area contributed by atoms with Gasteiger partial charge in [0.05, 0.1) is 29.2 Å². The Morgan fingerprint density at radius 1 is 1.20 bits per heavy atom. The van der Waals surface area contributed by atoms with Gasteiger partial charge in [-0.3, -0.25) is 0 Å². The molecule has 0 bridgehead atoms. The molecule has 0 amide bonds. The number of methoxy groups -OCH3 is 1. The SMILES string of the molecule is COc1ccc(-n2cc(CN[C@@H](C)c3csc(C)n3)c(-c3cccc(F)c3)n2)cc1. The Morgan fingerprint density at radius 3 is 2.67 bits per heavy atom. The molecule has 0 aliphatic heterocycles. The first-order valence-corrected chi connectivity index (χ1v) is 10.6. The molecule has 0 radical (unpaired) electrons. The van der Waals surface area contributed by atoms with E-state index in [1.165, 1.54) is 12.1 Å². The average molecular weight is 423 g/mol. The minimum Gasteiger partial charge on any atom is -0.497 e. The summed E-state index contributed by atoms with van der Waals surface area (Å²) in [7, 11) is 1.64. The van der Waals surface area contributed by atoms with Gasteiger partial charge in [-0.2, -0.15) is 5.10 Å². The number of ether oxygens (including phenoxy) is 1. The lowest BCUT2D eigenvalue weighted by atomic mass is 10.1. The fraction of sp³-hybridized carbons (Fsp3) is 0.217. The number of benzene rings is 2. The molecule has 1 N–H and O–H groups in total. The number of rotatable bonds is 7. The number of nitrogens with zero attached hydrogens (tertiary/aromatic N) is 3. The van der Waals surface area contributed by atoms with Crippen molar-refractivity contribution >= 4 is 11.3 Å². The summed E-state index contributed by atoms with van der Waals surface area (Å²) in [4.78, 5) is 4.56. The van der Waals surface area contributed by atoms with Crippen LogP contribution in [0.5, 0.6) is 5.75 Å². The summed E-state index contributed by atoms with van der Waals surface area (Å²) < 4.78 is 20.9. The molecule has 30 heavy (non-hydrogen) atoms. The topological polar surface area (TPSA) is 52.0 Å². The first-order chi connectivity index (χ1) is 14.5. The maximum absolute atomic E-state index is 13.9. The second-order valence-corrected chi connectivity index (χ2v) is 8.11. The Balaban J connectivity index is 1.65. The molecule has 0 saturated carbocycles. The molecular weight excluding hydrogens is 399 g/mol. The predicted octanol–water partition coefficient (Wildman–Crippen LogP) is 5.30. The van der Waals surface area contributed by atoms with Crippen LogP contribution in [0.3, 0.4) is 0 Å². The van der Waals surface area contributed by atoms with Crippen LogP contribution in [-0.2, 0) is 6.54 Å². The van der Waals surface area contributed by atoms with E-state index in [2.05, 4.69) is 22.6 Å². The van der Waals surface area contributed by atoms with Gasteiger partial charge < -0.3 is 10.1 Å². The van der Waals surface area contributed by atoms with Crippen LogP contribution in [0.25, 0.3) is 16.9 Å². The molecule has 1 atom stereocenters. The Kier molecular flexibility index (Phi) is 5.92. The molecule has 4 aromatic rings. The first-order valence-electron chi connectivity index (χ1n) is 9.68. The van der Waals surface area contributed by atoms with Crippen LogP contribution < -0.4 is 10.1 Å². The van der Waals surface area contributed by atoms with Crippen LogP contribution >= 0.6 is 11.3 Å². The third-order valence-corrected chi connectivity index (χ3v) is 5.70. The minimum atomic E-state index is -0.281. The van der Waals surface area contributed by atoms with Crippen molar-refractivity contribution in [2.75, 3.05) is 7.11 Å². The third kappa shape index (κ3) is 4.42. The van der Waals surface area contributed by atoms with Gasteiger partial charge in [0.1, 0.15) is 11.6 Å². The van der Waals surface area contributed by atoms with Gasteiger partial charge in [-0.15, -0.1) is 11.3 Å². The second kappa shape index (κ2) is 8.77. The number of thiazole rings is 1. The molecule has 0 spiro atoms. The normalized spacial score (nSPS) is 12.1. The van der Waals surface area contributed by atoms with Gasteiger partial charge in [0.2, 0.25) is 0 Å². The summed E-state index contributed by atoms with van der Waals surface area (Å²) in [5, 5.41) is 11.4. The van der Waals surface area contributed by atoms with E-state index in [-0.39, 0.29) is 11.9 Å². The van der Waals surface area contributed by atoms with Crippen molar-refractivity contribution in [3.63, 3.8) is 0 Å². The van der Waals surface area contributed by atoms with Crippen molar-refractivity contribution in [3.8, 4) is 22.7 Å². The van der Waals surface area contributed by atoms with Crippen LogP contribution in [0.15, 0.2) is 60.1 Å². The smallest absolute Gasteiger partial charge is 0.123 e. The fourth-order valence-electron chi connectivity index (χ4n) is 3.23. The highest BCUT2D eigenvalue weighted by atomic mass is 32.1. The zero-order valence-electron chi connectivity index (χ0n) is 17.1. The monoisotopic (exact) mass is 422 g/mol. The summed E-state index contributed by atoms with van der Waals surface area (Å²) in [6, 6.07) is 14.3. The van der Waals surface area contributed by atoms with Crippen LogP contribution in [0.1, 0.15) is 29.2 Å². The second-order valence-electron chi connectivity index (χ2n) is 7.05. The highest BCUT2D eigenvalue weighted by molar-refractivity contribution is 7.09. The number of aromatic nitrogens is 3. The van der Waals surface area contributed by atoms with Gasteiger partial charge in [-0.25, -0.2) is 14.1 Å². The van der Waals surface area contributed by atoms with Gasteiger partial charge in [-0.1, -0.05) is 12.1 Å². The molecule has 154 valence electrons. The van der Waals surface area contributed by atoms with Crippen molar-refractivity contribution in [2.24, 2.45) is 0 Å². The van der Waals surface area contributed by atoms with Crippen molar-refractivity contribution in [1.29, 1.82) is 0 Å². The lowest BCUT2D eigenvalue weighted by molar-refractivity contribution is 0.414. The molecule has 5 nitrogen and oxygen atoms in total. The summed E-state index contributed by atoms with van der Waals surface area (Å²) in [6.45, 7) is 4.67. The Hall–Kier alpha value is -3.03.